The Kier molecular flexibility index (Phi) is 5.27. The number of ether oxygens (including phenoxy) is 1. The highest BCUT2D eigenvalue weighted by Gasteiger charge is 2.21. The van der Waals surface area contributed by atoms with Gasteiger partial charge in [-0.1, -0.05) is 12.1 Å². The zero-order chi connectivity index (χ0) is 16.1. The SMILES string of the molecule is COC(=O)CC(NC(=O)c1sccc1C)c1ccc(F)cc1. The number of carbonyl (C=O) groups excluding carboxylic acids is 2. The third kappa shape index (κ3) is 3.92. The molecular formula is C16H16FNO3S. The normalized spacial score (nSPS) is 11.8. The van der Waals surface area contributed by atoms with Gasteiger partial charge in [0, 0.05) is 0 Å². The highest BCUT2D eigenvalue weighted by Crippen LogP contribution is 2.21. The molecule has 0 bridgehead atoms. The second-order valence-electron chi connectivity index (χ2n) is 4.79. The van der Waals surface area contributed by atoms with Gasteiger partial charge in [0.05, 0.1) is 24.4 Å². The van der Waals surface area contributed by atoms with Crippen LogP contribution in [0.3, 0.4) is 0 Å². The van der Waals surface area contributed by atoms with Gasteiger partial charge in [-0.2, -0.15) is 0 Å². The molecule has 1 N–H and O–H groups in total. The number of benzene rings is 1. The van der Waals surface area contributed by atoms with Crippen molar-refractivity contribution in [3.63, 3.8) is 0 Å². The summed E-state index contributed by atoms with van der Waals surface area (Å²) in [5, 5.41) is 4.64. The molecule has 22 heavy (non-hydrogen) atoms. The molecule has 0 radical (unpaired) electrons. The summed E-state index contributed by atoms with van der Waals surface area (Å²) in [7, 11) is 1.29. The van der Waals surface area contributed by atoms with Crippen LogP contribution in [-0.4, -0.2) is 19.0 Å². The van der Waals surface area contributed by atoms with Crippen LogP contribution in [0.25, 0.3) is 0 Å². The topological polar surface area (TPSA) is 55.4 Å². The van der Waals surface area contributed by atoms with Crippen molar-refractivity contribution in [1.82, 2.24) is 5.32 Å². The van der Waals surface area contributed by atoms with E-state index in [1.807, 2.05) is 18.4 Å². The Bertz CT molecular complexity index is 666. The van der Waals surface area contributed by atoms with Gasteiger partial charge in [0.2, 0.25) is 0 Å². The van der Waals surface area contributed by atoms with Crippen LogP contribution in [-0.2, 0) is 9.53 Å². The van der Waals surface area contributed by atoms with Gasteiger partial charge in [0.25, 0.3) is 5.91 Å². The molecule has 2 rings (SSSR count). The molecule has 116 valence electrons. The Labute approximate surface area is 131 Å². The molecule has 1 aromatic heterocycles. The molecule has 1 amide bonds. The van der Waals surface area contributed by atoms with Crippen molar-refractivity contribution in [1.29, 1.82) is 0 Å². The maximum absolute atomic E-state index is 13.0. The molecule has 4 nitrogen and oxygen atoms in total. The number of amides is 1. The highest BCUT2D eigenvalue weighted by molar-refractivity contribution is 7.12. The van der Waals surface area contributed by atoms with Crippen LogP contribution >= 0.6 is 11.3 Å². The summed E-state index contributed by atoms with van der Waals surface area (Å²) in [6.45, 7) is 1.85. The van der Waals surface area contributed by atoms with E-state index in [2.05, 4.69) is 10.1 Å². The van der Waals surface area contributed by atoms with E-state index in [4.69, 9.17) is 0 Å². The largest absolute Gasteiger partial charge is 0.469 e. The molecule has 0 spiro atoms. The fraction of sp³-hybridized carbons (Fsp3) is 0.250. The Morgan fingerprint density at radius 3 is 2.50 bits per heavy atom. The van der Waals surface area contributed by atoms with Crippen LogP contribution in [0.1, 0.15) is 33.3 Å². The third-order valence-corrected chi connectivity index (χ3v) is 4.26. The smallest absolute Gasteiger partial charge is 0.307 e. The van der Waals surface area contributed by atoms with Crippen molar-refractivity contribution in [2.45, 2.75) is 19.4 Å². The van der Waals surface area contributed by atoms with Crippen molar-refractivity contribution in [3.8, 4) is 0 Å². The zero-order valence-electron chi connectivity index (χ0n) is 12.3. The van der Waals surface area contributed by atoms with E-state index < -0.39 is 12.0 Å². The number of aryl methyl sites for hydroxylation is 1. The lowest BCUT2D eigenvalue weighted by molar-refractivity contribution is -0.141. The minimum absolute atomic E-state index is 0.0156. The number of thiophene rings is 1. The third-order valence-electron chi connectivity index (χ3n) is 3.24. The van der Waals surface area contributed by atoms with Crippen LogP contribution in [0.2, 0.25) is 0 Å². The number of rotatable bonds is 5. The first kappa shape index (κ1) is 16.2. The minimum Gasteiger partial charge on any atom is -0.469 e. The van der Waals surface area contributed by atoms with E-state index in [1.165, 1.54) is 30.6 Å². The number of nitrogens with one attached hydrogen (secondary N) is 1. The van der Waals surface area contributed by atoms with Gasteiger partial charge in [-0.05, 0) is 41.6 Å². The molecular weight excluding hydrogens is 305 g/mol. The van der Waals surface area contributed by atoms with Crippen molar-refractivity contribution in [2.75, 3.05) is 7.11 Å². The highest BCUT2D eigenvalue weighted by atomic mass is 32.1. The minimum atomic E-state index is -0.568. The fourth-order valence-corrected chi connectivity index (χ4v) is 2.85. The Morgan fingerprint density at radius 2 is 1.95 bits per heavy atom. The number of carbonyl (C=O) groups is 2. The van der Waals surface area contributed by atoms with E-state index in [9.17, 15) is 14.0 Å². The Balaban J connectivity index is 2.21. The van der Waals surface area contributed by atoms with Gasteiger partial charge in [-0.15, -0.1) is 11.3 Å². The lowest BCUT2D eigenvalue weighted by Gasteiger charge is -2.18. The molecule has 0 saturated heterocycles. The molecule has 0 saturated carbocycles. The quantitative estimate of drug-likeness (QED) is 0.860. The number of hydrogen-bond donors (Lipinski definition) is 1. The predicted octanol–water partition coefficient (Wildman–Crippen LogP) is 3.23. The second-order valence-corrected chi connectivity index (χ2v) is 5.71. The van der Waals surface area contributed by atoms with Crippen molar-refractivity contribution in [2.24, 2.45) is 0 Å². The van der Waals surface area contributed by atoms with Gasteiger partial charge in [-0.3, -0.25) is 9.59 Å². The number of methoxy groups -OCH3 is 1. The predicted molar refractivity (Wildman–Crippen MR) is 82.3 cm³/mol. The Morgan fingerprint density at radius 1 is 1.27 bits per heavy atom. The van der Waals surface area contributed by atoms with Crippen molar-refractivity contribution < 1.29 is 18.7 Å². The van der Waals surface area contributed by atoms with Crippen LogP contribution in [0.5, 0.6) is 0 Å². The van der Waals surface area contributed by atoms with E-state index in [1.54, 1.807) is 12.1 Å². The molecule has 0 fully saturated rings. The summed E-state index contributed by atoms with van der Waals surface area (Å²) >= 11 is 1.33. The zero-order valence-corrected chi connectivity index (χ0v) is 13.1. The lowest BCUT2D eigenvalue weighted by atomic mass is 10.0. The fourth-order valence-electron chi connectivity index (χ4n) is 2.03. The van der Waals surface area contributed by atoms with Gasteiger partial charge in [0.1, 0.15) is 5.82 Å². The first-order chi connectivity index (χ1) is 10.5. The van der Waals surface area contributed by atoms with Crippen LogP contribution in [0, 0.1) is 12.7 Å². The van der Waals surface area contributed by atoms with E-state index in [0.29, 0.717) is 10.4 Å². The molecule has 1 heterocycles. The molecule has 1 atom stereocenters. The number of esters is 1. The van der Waals surface area contributed by atoms with Crippen LogP contribution < -0.4 is 5.32 Å². The monoisotopic (exact) mass is 321 g/mol. The van der Waals surface area contributed by atoms with Crippen molar-refractivity contribution in [3.05, 3.63) is 57.5 Å². The average Bonchev–Trinajstić information content (AvgIpc) is 2.93. The van der Waals surface area contributed by atoms with Gasteiger partial charge in [0.15, 0.2) is 0 Å². The lowest BCUT2D eigenvalue weighted by Crippen LogP contribution is -2.30. The molecule has 0 aliphatic carbocycles. The van der Waals surface area contributed by atoms with Crippen LogP contribution in [0.15, 0.2) is 35.7 Å². The molecule has 1 unspecified atom stereocenters. The molecule has 0 aliphatic rings. The molecule has 0 aliphatic heterocycles. The van der Waals surface area contributed by atoms with Crippen LogP contribution in [0.4, 0.5) is 4.39 Å². The summed E-state index contributed by atoms with van der Waals surface area (Å²) in [5.74, 6) is -1.08. The molecule has 6 heteroatoms. The van der Waals surface area contributed by atoms with Gasteiger partial charge >= 0.3 is 5.97 Å². The maximum atomic E-state index is 13.0. The molecule has 1 aromatic carbocycles. The molecule has 2 aromatic rings. The summed E-state index contributed by atoms with van der Waals surface area (Å²) in [5.41, 5.74) is 1.52. The number of hydrogen-bond acceptors (Lipinski definition) is 4. The van der Waals surface area contributed by atoms with Crippen molar-refractivity contribution >= 4 is 23.2 Å². The average molecular weight is 321 g/mol. The first-order valence-electron chi connectivity index (χ1n) is 6.68. The first-order valence-corrected chi connectivity index (χ1v) is 7.56. The summed E-state index contributed by atoms with van der Waals surface area (Å²) in [6.07, 6.45) is -0.0156. The maximum Gasteiger partial charge on any atom is 0.307 e. The summed E-state index contributed by atoms with van der Waals surface area (Å²) < 4.78 is 17.7. The van der Waals surface area contributed by atoms with Gasteiger partial charge in [-0.25, -0.2) is 4.39 Å². The van der Waals surface area contributed by atoms with Gasteiger partial charge < -0.3 is 10.1 Å². The summed E-state index contributed by atoms with van der Waals surface area (Å²) in [4.78, 5) is 24.5. The Hall–Kier alpha value is -2.21. The van der Waals surface area contributed by atoms with E-state index in [0.717, 1.165) is 5.56 Å². The number of halogens is 1. The second kappa shape index (κ2) is 7.17. The summed E-state index contributed by atoms with van der Waals surface area (Å²) in [6, 6.07) is 6.97. The standard InChI is InChI=1S/C16H16FNO3S/c1-10-7-8-22-15(10)16(20)18-13(9-14(19)21-2)11-3-5-12(17)6-4-11/h3-8,13H,9H2,1-2H3,(H,18,20). The van der Waals surface area contributed by atoms with E-state index in [-0.39, 0.29) is 18.1 Å². The van der Waals surface area contributed by atoms with E-state index >= 15 is 0 Å².